The Balaban J connectivity index is 1.56. The number of aliphatic carboxylic acids is 1. The van der Waals surface area contributed by atoms with Crippen LogP contribution in [0.2, 0.25) is 0 Å². The molecule has 4 aromatic rings. The summed E-state index contributed by atoms with van der Waals surface area (Å²) in [6.07, 6.45) is 0.270. The molecule has 0 aliphatic rings. The second-order valence-electron chi connectivity index (χ2n) is 11.1. The fraction of sp³-hybridized carbons (Fsp3) is 0.235. The molecule has 47 heavy (non-hydrogen) atoms. The highest BCUT2D eigenvalue weighted by atomic mass is 16.5. The third-order valence-corrected chi connectivity index (χ3v) is 6.98. The number of para-hydroxylation sites is 1. The monoisotopic (exact) mass is 641 g/mol. The van der Waals surface area contributed by atoms with Crippen LogP contribution >= 0.6 is 0 Å². The SMILES string of the molecule is COc1ccc(CNC(=O)c2cc(NC(=O)C(CC(C)C)NC(=O)c3ccc4ccccc4n3)cc(C(=O)NCC(=O)O)c2)cc1O. The summed E-state index contributed by atoms with van der Waals surface area (Å²) in [7, 11) is 1.41. The van der Waals surface area contributed by atoms with E-state index < -0.39 is 42.2 Å². The normalized spacial score (nSPS) is 11.4. The van der Waals surface area contributed by atoms with Crippen LogP contribution in [0, 0.1) is 5.92 Å². The van der Waals surface area contributed by atoms with E-state index >= 15 is 0 Å². The number of anilines is 1. The van der Waals surface area contributed by atoms with Gasteiger partial charge in [0.1, 0.15) is 18.3 Å². The van der Waals surface area contributed by atoms with Crippen LogP contribution < -0.4 is 26.0 Å². The van der Waals surface area contributed by atoms with Crippen LogP contribution in [0.5, 0.6) is 11.5 Å². The fourth-order valence-corrected chi connectivity index (χ4v) is 4.71. The van der Waals surface area contributed by atoms with Gasteiger partial charge in [0.15, 0.2) is 11.5 Å². The van der Waals surface area contributed by atoms with Crippen molar-refractivity contribution in [3.63, 3.8) is 0 Å². The lowest BCUT2D eigenvalue weighted by molar-refractivity contribution is -0.135. The van der Waals surface area contributed by atoms with Gasteiger partial charge in [-0.3, -0.25) is 24.0 Å². The molecule has 4 rings (SSSR count). The number of phenols is 1. The van der Waals surface area contributed by atoms with Crippen molar-refractivity contribution in [2.24, 2.45) is 5.92 Å². The van der Waals surface area contributed by atoms with Crippen LogP contribution in [-0.2, 0) is 16.1 Å². The number of carboxylic acid groups (broad SMARTS) is 1. The first-order chi connectivity index (χ1) is 22.4. The molecule has 0 bridgehead atoms. The molecule has 4 amide bonds. The van der Waals surface area contributed by atoms with Gasteiger partial charge in [-0.1, -0.05) is 44.2 Å². The first kappa shape index (κ1) is 33.9. The van der Waals surface area contributed by atoms with Crippen LogP contribution in [0.3, 0.4) is 0 Å². The summed E-state index contributed by atoms with van der Waals surface area (Å²) in [5, 5.41) is 30.3. The lowest BCUT2D eigenvalue weighted by Crippen LogP contribution is -2.44. The number of benzene rings is 3. The van der Waals surface area contributed by atoms with Gasteiger partial charge in [0.2, 0.25) is 5.91 Å². The molecule has 3 aromatic carbocycles. The molecule has 244 valence electrons. The van der Waals surface area contributed by atoms with E-state index in [0.717, 1.165) is 5.39 Å². The summed E-state index contributed by atoms with van der Waals surface area (Å²) < 4.78 is 5.03. The molecule has 6 N–H and O–H groups in total. The van der Waals surface area contributed by atoms with Crippen molar-refractivity contribution in [3.8, 4) is 11.5 Å². The second kappa shape index (κ2) is 15.3. The Labute approximate surface area is 270 Å². The van der Waals surface area contributed by atoms with E-state index in [1.165, 1.54) is 31.4 Å². The molecular weight excluding hydrogens is 606 g/mol. The summed E-state index contributed by atoms with van der Waals surface area (Å²) in [4.78, 5) is 68.1. The highest BCUT2D eigenvalue weighted by Gasteiger charge is 2.24. The topological polar surface area (TPSA) is 196 Å². The standard InChI is InChI=1S/C34H35N5O8/c1-19(2)12-27(39-33(45)26-10-9-21-6-4-5-7-25(21)38-26)34(46)37-24-15-22(14-23(16-24)32(44)36-18-30(41)42)31(43)35-17-20-8-11-29(47-3)28(40)13-20/h4-11,13-16,19,27,40H,12,17-18H2,1-3H3,(H,35,43)(H,36,44)(H,37,46)(H,39,45)(H,41,42). The van der Waals surface area contributed by atoms with Crippen LogP contribution in [0.1, 0.15) is 57.0 Å². The molecule has 1 heterocycles. The van der Waals surface area contributed by atoms with Gasteiger partial charge >= 0.3 is 5.97 Å². The summed E-state index contributed by atoms with van der Waals surface area (Å²) in [6, 6.07) is 18.2. The van der Waals surface area contributed by atoms with Gasteiger partial charge in [-0.05, 0) is 60.4 Å². The van der Waals surface area contributed by atoms with Gasteiger partial charge in [0.05, 0.1) is 12.6 Å². The number of nitrogens with one attached hydrogen (secondary N) is 4. The average Bonchev–Trinajstić information content (AvgIpc) is 3.05. The molecule has 0 saturated heterocycles. The molecule has 0 saturated carbocycles. The van der Waals surface area contributed by atoms with Crippen LogP contribution in [0.15, 0.2) is 72.8 Å². The third kappa shape index (κ3) is 9.26. The van der Waals surface area contributed by atoms with Gasteiger partial charge in [0.25, 0.3) is 17.7 Å². The molecule has 0 fully saturated rings. The first-order valence-corrected chi connectivity index (χ1v) is 14.7. The quantitative estimate of drug-likeness (QED) is 0.127. The number of ether oxygens (including phenoxy) is 1. The molecule has 1 unspecified atom stereocenters. The Morgan fingerprint density at radius 3 is 2.21 bits per heavy atom. The fourth-order valence-electron chi connectivity index (χ4n) is 4.71. The summed E-state index contributed by atoms with van der Waals surface area (Å²) >= 11 is 0. The molecule has 0 aliphatic carbocycles. The average molecular weight is 642 g/mol. The van der Waals surface area contributed by atoms with E-state index in [4.69, 9.17) is 9.84 Å². The van der Waals surface area contributed by atoms with Crippen molar-refractivity contribution in [1.29, 1.82) is 0 Å². The molecule has 0 spiro atoms. The lowest BCUT2D eigenvalue weighted by atomic mass is 10.0. The summed E-state index contributed by atoms with van der Waals surface area (Å²) in [5.41, 5.74) is 1.29. The van der Waals surface area contributed by atoms with Gasteiger partial charge < -0.3 is 36.2 Å². The molecule has 13 nitrogen and oxygen atoms in total. The van der Waals surface area contributed by atoms with E-state index in [-0.39, 0.29) is 52.9 Å². The number of hydrogen-bond acceptors (Lipinski definition) is 8. The minimum atomic E-state index is -1.27. The third-order valence-electron chi connectivity index (χ3n) is 6.98. The Hall–Kier alpha value is -5.98. The molecule has 1 atom stereocenters. The van der Waals surface area contributed by atoms with E-state index in [1.54, 1.807) is 36.4 Å². The zero-order valence-corrected chi connectivity index (χ0v) is 26.0. The Morgan fingerprint density at radius 2 is 1.55 bits per heavy atom. The number of phenolic OH excluding ortho intramolecular Hbond substituents is 1. The van der Waals surface area contributed by atoms with Crippen LogP contribution in [0.25, 0.3) is 10.9 Å². The van der Waals surface area contributed by atoms with Crippen molar-refractivity contribution in [1.82, 2.24) is 20.9 Å². The molecule has 1 aromatic heterocycles. The number of carbonyl (C=O) groups is 5. The van der Waals surface area contributed by atoms with E-state index in [0.29, 0.717) is 11.1 Å². The van der Waals surface area contributed by atoms with E-state index in [9.17, 15) is 29.1 Å². The Kier molecular flexibility index (Phi) is 11.1. The number of pyridine rings is 1. The maximum atomic E-state index is 13.5. The minimum Gasteiger partial charge on any atom is -0.504 e. The number of nitrogens with zero attached hydrogens (tertiary/aromatic N) is 1. The molecule has 13 heteroatoms. The number of methoxy groups -OCH3 is 1. The van der Waals surface area contributed by atoms with Crippen molar-refractivity contribution in [3.05, 3.63) is 95.2 Å². The van der Waals surface area contributed by atoms with Gasteiger partial charge in [-0.25, -0.2) is 4.98 Å². The zero-order chi connectivity index (χ0) is 34.1. The van der Waals surface area contributed by atoms with Crippen molar-refractivity contribution in [2.45, 2.75) is 32.9 Å². The highest BCUT2D eigenvalue weighted by molar-refractivity contribution is 6.05. The smallest absolute Gasteiger partial charge is 0.322 e. The van der Waals surface area contributed by atoms with Crippen LogP contribution in [0.4, 0.5) is 5.69 Å². The highest BCUT2D eigenvalue weighted by Crippen LogP contribution is 2.26. The van der Waals surface area contributed by atoms with E-state index in [2.05, 4.69) is 26.3 Å². The van der Waals surface area contributed by atoms with Gasteiger partial charge in [0, 0.05) is 28.7 Å². The predicted octanol–water partition coefficient (Wildman–Crippen LogP) is 3.48. The van der Waals surface area contributed by atoms with Gasteiger partial charge in [-0.15, -0.1) is 0 Å². The predicted molar refractivity (Wildman–Crippen MR) is 173 cm³/mol. The number of fused-ring (bicyclic) bond motifs is 1. The van der Waals surface area contributed by atoms with Crippen molar-refractivity contribution in [2.75, 3.05) is 19.0 Å². The molecule has 0 aliphatic heterocycles. The molecule has 0 radical (unpaired) electrons. The number of rotatable bonds is 13. The maximum Gasteiger partial charge on any atom is 0.322 e. The van der Waals surface area contributed by atoms with E-state index in [1.807, 2.05) is 26.0 Å². The number of aromatic hydroxyl groups is 1. The van der Waals surface area contributed by atoms with Crippen molar-refractivity contribution < 1.29 is 38.9 Å². The Morgan fingerprint density at radius 1 is 0.851 bits per heavy atom. The second-order valence-corrected chi connectivity index (χ2v) is 11.1. The zero-order valence-electron chi connectivity index (χ0n) is 26.0. The number of aromatic nitrogens is 1. The number of amides is 4. The molecular formula is C34H35N5O8. The lowest BCUT2D eigenvalue weighted by Gasteiger charge is -2.21. The maximum absolute atomic E-state index is 13.5. The van der Waals surface area contributed by atoms with Crippen LogP contribution in [-0.4, -0.2) is 64.5 Å². The number of carboxylic acids is 1. The minimum absolute atomic E-state index is 0.00229. The number of hydrogen-bond donors (Lipinski definition) is 6. The Bertz CT molecular complexity index is 1820. The largest absolute Gasteiger partial charge is 0.504 e. The van der Waals surface area contributed by atoms with Gasteiger partial charge in [-0.2, -0.15) is 0 Å². The summed E-state index contributed by atoms with van der Waals surface area (Å²) in [5.74, 6) is -3.66. The number of carbonyl (C=O) groups excluding carboxylic acids is 4. The van der Waals surface area contributed by atoms with Crippen molar-refractivity contribution >= 4 is 46.2 Å². The first-order valence-electron chi connectivity index (χ1n) is 14.7. The summed E-state index contributed by atoms with van der Waals surface area (Å²) in [6.45, 7) is 3.13.